The van der Waals surface area contributed by atoms with Crippen LogP contribution in [0.2, 0.25) is 0 Å². The highest BCUT2D eigenvalue weighted by molar-refractivity contribution is 5.15. The summed E-state index contributed by atoms with van der Waals surface area (Å²) in [4.78, 5) is 10.9. The minimum absolute atomic E-state index is 0.309. The molecule has 2 fully saturated rings. The van der Waals surface area contributed by atoms with Gasteiger partial charge in [-0.1, -0.05) is 30.3 Å². The summed E-state index contributed by atoms with van der Waals surface area (Å²) in [6.07, 6.45) is 7.94. The first-order chi connectivity index (χ1) is 10.9. The number of benzene rings is 1. The van der Waals surface area contributed by atoms with Crippen LogP contribution >= 0.6 is 0 Å². The van der Waals surface area contributed by atoms with Gasteiger partial charge in [0.1, 0.15) is 6.10 Å². The van der Waals surface area contributed by atoms with E-state index in [9.17, 15) is 0 Å². The van der Waals surface area contributed by atoms with Crippen molar-refractivity contribution in [1.29, 1.82) is 0 Å². The zero-order chi connectivity index (χ0) is 14.8. The van der Waals surface area contributed by atoms with Gasteiger partial charge in [-0.25, -0.2) is 4.98 Å². The number of fused-ring (bicyclic) bond motifs is 2. The smallest absolute Gasteiger partial charge is 0.232 e. The van der Waals surface area contributed by atoms with E-state index in [1.807, 2.05) is 0 Å². The van der Waals surface area contributed by atoms with Crippen LogP contribution in [0.25, 0.3) is 0 Å². The molecular weight excluding hydrogens is 274 g/mol. The number of hydrogen-bond donors (Lipinski definition) is 0. The Morgan fingerprint density at radius 1 is 1.05 bits per heavy atom. The summed E-state index contributed by atoms with van der Waals surface area (Å²) in [7, 11) is 0. The molecule has 1 aromatic carbocycles. The lowest BCUT2D eigenvalue weighted by Gasteiger charge is -2.37. The molecule has 2 heterocycles. The van der Waals surface area contributed by atoms with Crippen molar-refractivity contribution < 1.29 is 4.74 Å². The largest absolute Gasteiger partial charge is 0.473 e. The molecular formula is C18H21N3O. The number of ether oxygens (including phenoxy) is 1. The molecule has 4 heteroatoms. The van der Waals surface area contributed by atoms with Crippen molar-refractivity contribution in [3.8, 4) is 5.88 Å². The zero-order valence-electron chi connectivity index (χ0n) is 12.6. The van der Waals surface area contributed by atoms with E-state index in [4.69, 9.17) is 4.74 Å². The van der Waals surface area contributed by atoms with E-state index in [1.165, 1.54) is 18.4 Å². The Bertz CT molecular complexity index is 590. The normalized spacial score (nSPS) is 27.7. The second-order valence-corrected chi connectivity index (χ2v) is 6.40. The summed E-state index contributed by atoms with van der Waals surface area (Å²) in [6, 6.07) is 10.7. The highest BCUT2D eigenvalue weighted by atomic mass is 16.5. The van der Waals surface area contributed by atoms with E-state index < -0.39 is 0 Å². The Hall–Kier alpha value is -1.94. The quantitative estimate of drug-likeness (QED) is 0.869. The average Bonchev–Trinajstić information content (AvgIpc) is 2.80. The molecule has 0 radical (unpaired) electrons. The zero-order valence-corrected chi connectivity index (χ0v) is 12.6. The maximum absolute atomic E-state index is 6.14. The van der Waals surface area contributed by atoms with Crippen LogP contribution in [0.1, 0.15) is 18.4 Å². The Balaban J connectivity index is 1.41. The lowest BCUT2D eigenvalue weighted by molar-refractivity contribution is 0.0278. The van der Waals surface area contributed by atoms with Crippen LogP contribution in [0.3, 0.4) is 0 Å². The predicted molar refractivity (Wildman–Crippen MR) is 84.4 cm³/mol. The van der Waals surface area contributed by atoms with Crippen molar-refractivity contribution in [3.63, 3.8) is 0 Å². The predicted octanol–water partition coefficient (Wildman–Crippen LogP) is 2.77. The number of likely N-dealkylation sites (tertiary alicyclic amines) is 1. The summed E-state index contributed by atoms with van der Waals surface area (Å²) < 4.78 is 6.14. The van der Waals surface area contributed by atoms with Gasteiger partial charge in [0, 0.05) is 43.9 Å². The summed E-state index contributed by atoms with van der Waals surface area (Å²) >= 11 is 0. The number of rotatable bonds is 4. The minimum Gasteiger partial charge on any atom is -0.473 e. The number of aromatic nitrogens is 2. The fraction of sp³-hybridized carbons (Fsp3) is 0.444. The molecule has 2 aliphatic rings. The van der Waals surface area contributed by atoms with Crippen molar-refractivity contribution in [2.45, 2.75) is 25.5 Å². The van der Waals surface area contributed by atoms with E-state index in [-0.39, 0.29) is 0 Å². The molecule has 3 atom stereocenters. The Morgan fingerprint density at radius 2 is 1.82 bits per heavy atom. The molecule has 0 N–H and O–H groups in total. The highest BCUT2D eigenvalue weighted by Gasteiger charge is 2.43. The van der Waals surface area contributed by atoms with Gasteiger partial charge in [-0.05, 0) is 18.4 Å². The fourth-order valence-electron chi connectivity index (χ4n) is 3.92. The van der Waals surface area contributed by atoms with Gasteiger partial charge >= 0.3 is 0 Å². The van der Waals surface area contributed by atoms with Crippen molar-refractivity contribution in [1.82, 2.24) is 14.9 Å². The second-order valence-electron chi connectivity index (χ2n) is 6.40. The molecule has 0 spiro atoms. The molecule has 22 heavy (non-hydrogen) atoms. The van der Waals surface area contributed by atoms with Crippen LogP contribution < -0.4 is 4.74 Å². The molecule has 1 saturated heterocycles. The molecule has 0 amide bonds. The third kappa shape index (κ3) is 2.83. The van der Waals surface area contributed by atoms with Crippen molar-refractivity contribution in [2.24, 2.45) is 11.8 Å². The molecule has 0 unspecified atom stereocenters. The standard InChI is InChI=1S/C18H21N3O/c1-2-4-14(5-3-1)11-21-12-15-6-7-16(13-21)18(15)22-17-10-19-8-9-20-17/h1-5,8-10,15-16,18H,6-7,11-13H2/t15-,16+,18-. The van der Waals surface area contributed by atoms with Crippen molar-refractivity contribution >= 4 is 0 Å². The molecule has 1 aromatic heterocycles. The lowest BCUT2D eigenvalue weighted by Crippen LogP contribution is -2.46. The SMILES string of the molecule is c1ccc(CN2C[C@H]3CC[C@@H](C2)[C@@H]3Oc2cnccn2)cc1. The summed E-state index contributed by atoms with van der Waals surface area (Å²) in [6.45, 7) is 3.29. The van der Waals surface area contributed by atoms with Crippen molar-refractivity contribution in [2.75, 3.05) is 13.1 Å². The van der Waals surface area contributed by atoms with Crippen LogP contribution in [-0.2, 0) is 6.54 Å². The fourth-order valence-corrected chi connectivity index (χ4v) is 3.92. The highest BCUT2D eigenvalue weighted by Crippen LogP contribution is 2.39. The third-order valence-corrected chi connectivity index (χ3v) is 4.87. The van der Waals surface area contributed by atoms with Gasteiger partial charge in [0.15, 0.2) is 0 Å². The Morgan fingerprint density at radius 3 is 2.50 bits per heavy atom. The second kappa shape index (κ2) is 6.05. The average molecular weight is 295 g/mol. The summed E-state index contributed by atoms with van der Waals surface area (Å²) in [5.74, 6) is 1.90. The maximum Gasteiger partial charge on any atom is 0.232 e. The molecule has 1 saturated carbocycles. The number of hydrogen-bond acceptors (Lipinski definition) is 4. The van der Waals surface area contributed by atoms with E-state index in [0.29, 0.717) is 23.8 Å². The van der Waals surface area contributed by atoms with Gasteiger partial charge in [-0.3, -0.25) is 9.88 Å². The maximum atomic E-state index is 6.14. The van der Waals surface area contributed by atoms with Crippen LogP contribution in [-0.4, -0.2) is 34.1 Å². The monoisotopic (exact) mass is 295 g/mol. The number of piperidine rings is 1. The molecule has 1 aliphatic heterocycles. The molecule has 114 valence electrons. The lowest BCUT2D eigenvalue weighted by atomic mass is 9.94. The van der Waals surface area contributed by atoms with Gasteiger partial charge in [0.2, 0.25) is 5.88 Å². The van der Waals surface area contributed by atoms with E-state index in [2.05, 4.69) is 45.2 Å². The van der Waals surface area contributed by atoms with Crippen LogP contribution in [0.15, 0.2) is 48.9 Å². The minimum atomic E-state index is 0.309. The van der Waals surface area contributed by atoms with E-state index in [0.717, 1.165) is 19.6 Å². The van der Waals surface area contributed by atoms with Crippen LogP contribution in [0.4, 0.5) is 0 Å². The Labute approximate surface area is 131 Å². The number of nitrogens with zero attached hydrogens (tertiary/aromatic N) is 3. The van der Waals surface area contributed by atoms with Gasteiger partial charge in [-0.15, -0.1) is 0 Å². The molecule has 4 rings (SSSR count). The summed E-state index contributed by atoms with van der Waals surface area (Å²) in [5, 5.41) is 0. The van der Waals surface area contributed by atoms with E-state index in [1.54, 1.807) is 18.6 Å². The van der Waals surface area contributed by atoms with Crippen LogP contribution in [0, 0.1) is 11.8 Å². The third-order valence-electron chi connectivity index (χ3n) is 4.87. The summed E-state index contributed by atoms with van der Waals surface area (Å²) in [5.41, 5.74) is 1.40. The van der Waals surface area contributed by atoms with E-state index >= 15 is 0 Å². The van der Waals surface area contributed by atoms with Crippen LogP contribution in [0.5, 0.6) is 5.88 Å². The molecule has 4 nitrogen and oxygen atoms in total. The van der Waals surface area contributed by atoms with Crippen molar-refractivity contribution in [3.05, 3.63) is 54.5 Å². The first-order valence-corrected chi connectivity index (χ1v) is 8.07. The first-order valence-electron chi connectivity index (χ1n) is 8.07. The van der Waals surface area contributed by atoms with Gasteiger partial charge in [0.25, 0.3) is 0 Å². The van der Waals surface area contributed by atoms with Gasteiger partial charge in [0.05, 0.1) is 6.20 Å². The van der Waals surface area contributed by atoms with Gasteiger partial charge in [-0.2, -0.15) is 0 Å². The molecule has 2 bridgehead atoms. The first kappa shape index (κ1) is 13.7. The molecule has 1 aliphatic carbocycles. The molecule has 2 aromatic rings. The topological polar surface area (TPSA) is 38.2 Å². The Kier molecular flexibility index (Phi) is 3.77. The van der Waals surface area contributed by atoms with Gasteiger partial charge < -0.3 is 4.74 Å².